The molecule has 0 aromatic heterocycles. The molecule has 518 valence electrons. The van der Waals surface area contributed by atoms with Crippen LogP contribution in [0.15, 0.2) is 222 Å². The van der Waals surface area contributed by atoms with E-state index < -0.39 is 84.6 Å². The monoisotopic (exact) mass is 1450 g/mol. The first-order valence-electron chi connectivity index (χ1n) is 29.9. The Balaban J connectivity index is 0.743. The lowest BCUT2D eigenvalue weighted by Crippen LogP contribution is -2.12. The molecule has 35 heteroatoms. The fourth-order valence-electron chi connectivity index (χ4n) is 10.8. The highest BCUT2D eigenvalue weighted by atomic mass is 32.2. The predicted molar refractivity (Wildman–Crippen MR) is 374 cm³/mol. The molecule has 0 radical (unpaired) electrons. The zero-order valence-electron chi connectivity index (χ0n) is 53.6. The number of phenols is 3. The van der Waals surface area contributed by atoms with E-state index in [2.05, 4.69) is 60.6 Å². The van der Waals surface area contributed by atoms with Crippen molar-refractivity contribution < 1.29 is 77.3 Å². The van der Waals surface area contributed by atoms with Crippen LogP contribution in [0.25, 0.3) is 21.5 Å². The van der Waals surface area contributed by atoms with E-state index in [4.69, 9.17) is 11.5 Å². The standard InChI is InChI=1S/C67H54N14O17S4/c1-6-52(83)49-29-42(15-22-47(49)35(5)82)73-76-60-32(2)25-36-27-54(101(93,94)95)62(66(87)56(36)58(60)68)78-71-39-11-18-45(19-12-39)99(89,90)80-41-9-7-38(8-10-41)70-75-51-31-44(17-24-53(51)84)81-100(91,92)46-20-13-40(14-21-46)72-79-63-55(102(96,97)98)28-37-26-33(3)61(59(69)57(37)67(63)88)77-74-43-16-23-48-50(30-43)65(86)34(4)64(48)85/h7-31,34,80-81,84,87-88H,6,68-69H2,1-5H3,(H,93,94,95)(H,96,97,98). The molecular weight excluding hydrogens is 1400 g/mol. The minimum absolute atomic E-state index is 0.0354. The number of nitrogen functional groups attached to an aromatic ring is 2. The molecule has 0 fully saturated rings. The average molecular weight is 1460 g/mol. The van der Waals surface area contributed by atoms with Crippen LogP contribution in [0.3, 0.4) is 0 Å². The minimum Gasteiger partial charge on any atom is -0.506 e. The molecule has 10 aromatic rings. The molecular formula is C67H54N14O17S4. The number of nitrogens with two attached hydrogens (primary N) is 2. The number of rotatable bonds is 21. The zero-order valence-corrected chi connectivity index (χ0v) is 56.9. The fraction of sp³-hybridized carbons (Fsp3) is 0.104. The first-order valence-corrected chi connectivity index (χ1v) is 35.8. The van der Waals surface area contributed by atoms with Gasteiger partial charge in [-0.3, -0.25) is 37.7 Å². The Kier molecular flexibility index (Phi) is 19.1. The van der Waals surface area contributed by atoms with Crippen molar-refractivity contribution in [3.8, 4) is 17.2 Å². The molecule has 31 nitrogen and oxygen atoms in total. The second kappa shape index (κ2) is 27.4. The van der Waals surface area contributed by atoms with Crippen LogP contribution in [0.1, 0.15) is 79.8 Å². The number of ketones is 4. The van der Waals surface area contributed by atoms with Gasteiger partial charge in [-0.25, -0.2) is 16.8 Å². The number of Topliss-reactive ketones (excluding diaryl/α,β-unsaturated/α-hetero) is 4. The van der Waals surface area contributed by atoms with Gasteiger partial charge in [0.2, 0.25) is 0 Å². The molecule has 1 aliphatic rings. The van der Waals surface area contributed by atoms with Gasteiger partial charge in [-0.1, -0.05) is 6.92 Å². The fourth-order valence-corrected chi connectivity index (χ4v) is 14.2. The number of hydrogen-bond acceptors (Lipinski definition) is 27. The van der Waals surface area contributed by atoms with Gasteiger partial charge in [-0.15, -0.1) is 25.6 Å². The first kappa shape index (κ1) is 71.0. The van der Waals surface area contributed by atoms with Crippen molar-refractivity contribution in [3.63, 3.8) is 0 Å². The zero-order chi connectivity index (χ0) is 73.7. The lowest BCUT2D eigenvalue weighted by atomic mass is 9.99. The minimum atomic E-state index is -5.09. The van der Waals surface area contributed by atoms with Crippen LogP contribution in [0.4, 0.5) is 79.6 Å². The number of aryl methyl sites for hydroxylation is 2. The third-order valence-corrected chi connectivity index (χ3v) is 20.5. The van der Waals surface area contributed by atoms with Gasteiger partial charge in [-0.2, -0.15) is 42.4 Å². The average Bonchev–Trinajstić information content (AvgIpc) is 1.20. The SMILES string of the molecule is CCC(=O)c1cc(N=Nc2c(C)cc3cc(S(=O)(=O)O)c(N=Nc4ccc(S(=O)(=O)Nc5ccc(N=Nc6cc(NS(=O)(=O)c7ccc(N=Nc8c(S(=O)(=O)O)cc9cc(C)c(N=Nc%10ccc%11c(c%10)C(=O)C(C)C%11=O)c(N)c9c8O)cc7)ccc6O)cc5)cc4)c(O)c3c2N)ccc1C(C)=O. The number of aromatic hydroxyl groups is 3. The number of carbonyl (C=O) groups excluding carboxylic acids is 4. The number of nitrogens with one attached hydrogen (secondary N) is 2. The third kappa shape index (κ3) is 14.4. The Labute approximate surface area is 579 Å². The molecule has 0 saturated heterocycles. The summed E-state index contributed by atoms with van der Waals surface area (Å²) in [6.07, 6.45) is 0.119. The summed E-state index contributed by atoms with van der Waals surface area (Å²) in [4.78, 5) is 47.6. The first-order chi connectivity index (χ1) is 48.1. The van der Waals surface area contributed by atoms with E-state index in [1.807, 2.05) is 0 Å². The van der Waals surface area contributed by atoms with Crippen LogP contribution in [0, 0.1) is 19.8 Å². The third-order valence-electron chi connectivity index (χ3n) is 15.9. The summed E-state index contributed by atoms with van der Waals surface area (Å²) in [5.74, 6) is -4.20. The molecule has 0 saturated carbocycles. The summed E-state index contributed by atoms with van der Waals surface area (Å²) in [7, 11) is -18.9. The summed E-state index contributed by atoms with van der Waals surface area (Å²) in [5.41, 5.74) is 13.1. The Bertz CT molecular complexity index is 5920. The topological polar surface area (TPSA) is 506 Å². The molecule has 0 aliphatic heterocycles. The molecule has 11 rings (SSSR count). The molecule has 1 atom stereocenters. The summed E-state index contributed by atoms with van der Waals surface area (Å²) < 4.78 is 130. The molecule has 102 heavy (non-hydrogen) atoms. The van der Waals surface area contributed by atoms with E-state index in [1.54, 1.807) is 20.8 Å². The number of sulfonamides is 2. The summed E-state index contributed by atoms with van der Waals surface area (Å²) in [5, 5.41) is 74.3. The van der Waals surface area contributed by atoms with Gasteiger partial charge in [0, 0.05) is 34.4 Å². The maximum Gasteiger partial charge on any atom is 0.296 e. The second-order valence-corrected chi connectivity index (χ2v) is 29.0. The Morgan fingerprint density at radius 2 is 0.863 bits per heavy atom. The molecule has 10 aromatic carbocycles. The Hall–Kier alpha value is -12.3. The summed E-state index contributed by atoms with van der Waals surface area (Å²) in [6, 6.07) is 31.9. The molecule has 1 aliphatic carbocycles. The van der Waals surface area contributed by atoms with Gasteiger partial charge in [0.25, 0.3) is 40.3 Å². The number of benzene rings is 10. The number of anilines is 4. The van der Waals surface area contributed by atoms with E-state index in [0.717, 1.165) is 42.5 Å². The van der Waals surface area contributed by atoms with Crippen LogP contribution in [-0.2, 0) is 40.3 Å². The van der Waals surface area contributed by atoms with Crippen molar-refractivity contribution in [2.24, 2.45) is 57.1 Å². The molecule has 0 spiro atoms. The highest BCUT2D eigenvalue weighted by Crippen LogP contribution is 2.50. The Morgan fingerprint density at radius 3 is 1.33 bits per heavy atom. The number of azo groups is 5. The van der Waals surface area contributed by atoms with Crippen molar-refractivity contribution >= 4 is 165 Å². The van der Waals surface area contributed by atoms with Crippen molar-refractivity contribution in [2.75, 3.05) is 20.9 Å². The smallest absolute Gasteiger partial charge is 0.296 e. The Morgan fingerprint density at radius 1 is 0.461 bits per heavy atom. The largest absolute Gasteiger partial charge is 0.506 e. The number of nitrogens with zero attached hydrogens (tertiary/aromatic N) is 10. The number of fused-ring (bicyclic) bond motifs is 3. The number of phenolic OH excluding ortho intramolecular Hbond substituents is 3. The van der Waals surface area contributed by atoms with Gasteiger partial charge in [0.05, 0.1) is 72.0 Å². The van der Waals surface area contributed by atoms with Crippen LogP contribution in [0.5, 0.6) is 17.2 Å². The van der Waals surface area contributed by atoms with E-state index in [9.17, 15) is 77.3 Å². The lowest BCUT2D eigenvalue weighted by Gasteiger charge is -2.13. The van der Waals surface area contributed by atoms with Gasteiger partial charge < -0.3 is 26.8 Å². The number of carbonyl (C=O) groups is 4. The quantitative estimate of drug-likeness (QED) is 0.00805. The lowest BCUT2D eigenvalue weighted by molar-refractivity contribution is 0.0850. The molecule has 0 amide bonds. The highest BCUT2D eigenvalue weighted by Gasteiger charge is 2.35. The second-order valence-electron chi connectivity index (χ2n) is 22.9. The van der Waals surface area contributed by atoms with Crippen molar-refractivity contribution in [3.05, 3.63) is 185 Å². The molecule has 11 N–H and O–H groups in total. The molecule has 1 unspecified atom stereocenters. The van der Waals surface area contributed by atoms with Gasteiger partial charge in [-0.05, 0) is 201 Å². The van der Waals surface area contributed by atoms with Gasteiger partial charge in [0.15, 0.2) is 34.6 Å². The summed E-state index contributed by atoms with van der Waals surface area (Å²) >= 11 is 0. The maximum atomic E-state index is 13.6. The van der Waals surface area contributed by atoms with Crippen molar-refractivity contribution in [1.29, 1.82) is 0 Å². The normalized spacial score (nSPS) is 13.8. The van der Waals surface area contributed by atoms with Crippen LogP contribution in [0.2, 0.25) is 0 Å². The van der Waals surface area contributed by atoms with Gasteiger partial charge >= 0.3 is 0 Å². The van der Waals surface area contributed by atoms with Gasteiger partial charge in [0.1, 0.15) is 44.0 Å². The van der Waals surface area contributed by atoms with Crippen LogP contribution >= 0.6 is 0 Å². The van der Waals surface area contributed by atoms with Crippen molar-refractivity contribution in [2.45, 2.75) is 60.6 Å². The summed E-state index contributed by atoms with van der Waals surface area (Å²) in [6.45, 7) is 7.62. The van der Waals surface area contributed by atoms with Crippen LogP contribution in [-0.4, -0.2) is 81.2 Å². The van der Waals surface area contributed by atoms with E-state index in [0.29, 0.717) is 11.1 Å². The maximum absolute atomic E-state index is 13.6. The highest BCUT2D eigenvalue weighted by molar-refractivity contribution is 7.93. The predicted octanol–water partition coefficient (Wildman–Crippen LogP) is 15.9. The van der Waals surface area contributed by atoms with Crippen molar-refractivity contribution in [1.82, 2.24) is 0 Å². The van der Waals surface area contributed by atoms with Crippen LogP contribution < -0.4 is 20.9 Å². The van der Waals surface area contributed by atoms with E-state index >= 15 is 0 Å². The van der Waals surface area contributed by atoms with E-state index in [1.165, 1.54) is 123 Å². The number of hydrogen-bond donors (Lipinski definition) is 9. The molecule has 0 bridgehead atoms. The molecule has 0 heterocycles. The van der Waals surface area contributed by atoms with E-state index in [-0.39, 0.29) is 151 Å².